The van der Waals surface area contributed by atoms with E-state index in [2.05, 4.69) is 12.2 Å². The first-order chi connectivity index (χ1) is 8.22. The molecule has 2 unspecified atom stereocenters. The summed E-state index contributed by atoms with van der Waals surface area (Å²) in [4.78, 5) is 24.1. The van der Waals surface area contributed by atoms with E-state index in [1.165, 1.54) is 0 Å². The number of hydrogen-bond donors (Lipinski definition) is 2. The van der Waals surface area contributed by atoms with Crippen molar-refractivity contribution in [3.8, 4) is 0 Å². The number of nitrogens with one attached hydrogen (secondary N) is 2. The third-order valence-corrected chi connectivity index (χ3v) is 14.2. The van der Waals surface area contributed by atoms with Crippen molar-refractivity contribution in [2.24, 2.45) is 0 Å². The van der Waals surface area contributed by atoms with Crippen LogP contribution in [-0.2, 0) is 31.0 Å². The molecule has 0 bridgehead atoms. The number of amides is 2. The Hall–Kier alpha value is -0.257. The first-order valence-electron chi connectivity index (χ1n) is 6.40. The van der Waals surface area contributed by atoms with E-state index < -0.39 is 21.4 Å². The molecular formula is C10H16N4O2Zr. The fourth-order valence-electron chi connectivity index (χ4n) is 3.85. The molecule has 2 amide bonds. The molecule has 4 fully saturated rings. The zero-order valence-corrected chi connectivity index (χ0v) is 12.1. The molecule has 92 valence electrons. The van der Waals surface area contributed by atoms with Crippen LogP contribution in [-0.4, -0.2) is 42.7 Å². The zero-order chi connectivity index (χ0) is 11.6. The van der Waals surface area contributed by atoms with Crippen LogP contribution in [0, 0.1) is 0 Å². The summed E-state index contributed by atoms with van der Waals surface area (Å²) in [5.74, 6) is 0.317. The molecule has 0 aliphatic carbocycles. The van der Waals surface area contributed by atoms with Gasteiger partial charge in [-0.1, -0.05) is 0 Å². The molecule has 4 aliphatic rings. The monoisotopic (exact) mass is 314 g/mol. The second-order valence-corrected chi connectivity index (χ2v) is 12.7. The van der Waals surface area contributed by atoms with E-state index in [1.54, 1.807) is 0 Å². The van der Waals surface area contributed by atoms with Gasteiger partial charge >= 0.3 is 106 Å². The maximum absolute atomic E-state index is 12.0. The molecule has 0 aromatic carbocycles. The topological polar surface area (TPSA) is 64.7 Å². The molecule has 1 spiro atoms. The van der Waals surface area contributed by atoms with Gasteiger partial charge < -0.3 is 0 Å². The number of fused-ring (bicyclic) bond motifs is 4. The summed E-state index contributed by atoms with van der Waals surface area (Å²) in [5.41, 5.74) is 0. The molecule has 17 heavy (non-hydrogen) atoms. The van der Waals surface area contributed by atoms with E-state index in [9.17, 15) is 9.59 Å². The van der Waals surface area contributed by atoms with Crippen molar-refractivity contribution in [2.45, 2.75) is 37.8 Å². The number of carbonyl (C=O) groups excluding carboxylic acids is 2. The molecule has 4 aliphatic heterocycles. The minimum absolute atomic E-state index is 0.0467. The van der Waals surface area contributed by atoms with Gasteiger partial charge in [0, 0.05) is 0 Å². The maximum atomic E-state index is 12.0. The van der Waals surface area contributed by atoms with E-state index in [-0.39, 0.29) is 23.9 Å². The van der Waals surface area contributed by atoms with Crippen LogP contribution in [0.4, 0.5) is 0 Å². The number of carbonyl (C=O) groups is 2. The molecule has 4 saturated heterocycles. The van der Waals surface area contributed by atoms with Crippen LogP contribution in [0.15, 0.2) is 0 Å². The number of rotatable bonds is 0. The van der Waals surface area contributed by atoms with Crippen LogP contribution in [0.25, 0.3) is 0 Å². The van der Waals surface area contributed by atoms with Gasteiger partial charge in [0.2, 0.25) is 0 Å². The summed E-state index contributed by atoms with van der Waals surface area (Å²) < 4.78 is 11.1. The van der Waals surface area contributed by atoms with Gasteiger partial charge in [-0.3, -0.25) is 0 Å². The Labute approximate surface area is 106 Å². The molecule has 0 radical (unpaired) electrons. The summed E-state index contributed by atoms with van der Waals surface area (Å²) in [6, 6.07) is 0.0934. The Kier molecular flexibility index (Phi) is 2.13. The fourth-order valence-corrected chi connectivity index (χ4v) is 14.5. The quantitative estimate of drug-likeness (QED) is 0.601. The van der Waals surface area contributed by atoms with E-state index in [1.807, 2.05) is 0 Å². The van der Waals surface area contributed by atoms with Crippen LogP contribution >= 0.6 is 0 Å². The van der Waals surface area contributed by atoms with Crippen molar-refractivity contribution in [3.05, 3.63) is 0 Å². The standard InChI is InChI=1S/2C5H9N2O.Zr/c2*6-5(8)4-2-1-3-7-4;/h2*4H,1-3H2,(H2,6,8);/q2*-1;+4/p-2. The van der Waals surface area contributed by atoms with E-state index in [0.717, 1.165) is 38.8 Å². The summed E-state index contributed by atoms with van der Waals surface area (Å²) in [7, 11) is 0. The Bertz CT molecular complexity index is 377. The number of hydrogen-bond acceptors (Lipinski definition) is 4. The van der Waals surface area contributed by atoms with Gasteiger partial charge in [-0.2, -0.15) is 0 Å². The zero-order valence-electron chi connectivity index (χ0n) is 9.61. The summed E-state index contributed by atoms with van der Waals surface area (Å²) in [5, 5.41) is 0. The molecular weight excluding hydrogens is 299 g/mol. The molecule has 0 aromatic rings. The second kappa shape index (κ2) is 3.40. The Balaban J connectivity index is 1.77. The Morgan fingerprint density at radius 3 is 1.88 bits per heavy atom. The van der Waals surface area contributed by atoms with Gasteiger partial charge in [0.15, 0.2) is 0 Å². The predicted molar refractivity (Wildman–Crippen MR) is 55.7 cm³/mol. The summed E-state index contributed by atoms with van der Waals surface area (Å²) in [6.45, 7) is 1.95. The van der Waals surface area contributed by atoms with Crippen LogP contribution in [0.5, 0.6) is 0 Å². The number of nitrogens with zero attached hydrogens (tertiary/aromatic N) is 2. The molecule has 4 heterocycles. The fraction of sp³-hybridized carbons (Fsp3) is 0.800. The van der Waals surface area contributed by atoms with Crippen LogP contribution < -0.4 is 6.52 Å². The normalized spacial score (nSPS) is 45.2. The summed E-state index contributed by atoms with van der Waals surface area (Å²) in [6.07, 6.45) is 4.09. The van der Waals surface area contributed by atoms with Crippen molar-refractivity contribution >= 4 is 11.8 Å². The van der Waals surface area contributed by atoms with Gasteiger partial charge in [0.25, 0.3) is 0 Å². The molecule has 7 heteroatoms. The van der Waals surface area contributed by atoms with Crippen LogP contribution in [0.2, 0.25) is 0 Å². The first kappa shape index (κ1) is 10.6. The average molecular weight is 315 g/mol. The van der Waals surface area contributed by atoms with Gasteiger partial charge in [0.1, 0.15) is 0 Å². The summed E-state index contributed by atoms with van der Waals surface area (Å²) >= 11 is -3.25. The molecule has 4 rings (SSSR count). The van der Waals surface area contributed by atoms with Gasteiger partial charge in [-0.05, 0) is 0 Å². The van der Waals surface area contributed by atoms with E-state index in [4.69, 9.17) is 0 Å². The third kappa shape index (κ3) is 1.20. The van der Waals surface area contributed by atoms with Crippen molar-refractivity contribution in [1.82, 2.24) is 12.2 Å². The molecule has 2 atom stereocenters. The molecule has 0 saturated carbocycles. The van der Waals surface area contributed by atoms with Crippen LogP contribution in [0.1, 0.15) is 25.7 Å². The second-order valence-electron chi connectivity index (χ2n) is 5.35. The van der Waals surface area contributed by atoms with Gasteiger partial charge in [-0.25, -0.2) is 0 Å². The van der Waals surface area contributed by atoms with E-state index in [0.29, 0.717) is 0 Å². The SMILES string of the molecule is O=C1[NH][Zr]2([NH]C(=O)C3CCC[N]32)[N]2CCCC12. The molecule has 0 aromatic heterocycles. The first-order valence-corrected chi connectivity index (χ1v) is 11.1. The third-order valence-electron chi connectivity index (χ3n) is 4.54. The predicted octanol–water partition coefficient (Wildman–Crippen LogP) is -1.01. The van der Waals surface area contributed by atoms with E-state index >= 15 is 0 Å². The van der Waals surface area contributed by atoms with Crippen molar-refractivity contribution < 1.29 is 31.0 Å². The van der Waals surface area contributed by atoms with Gasteiger partial charge in [0.05, 0.1) is 0 Å². The Morgan fingerprint density at radius 1 is 0.941 bits per heavy atom. The van der Waals surface area contributed by atoms with Crippen molar-refractivity contribution in [2.75, 3.05) is 13.1 Å². The van der Waals surface area contributed by atoms with Crippen molar-refractivity contribution in [3.63, 3.8) is 0 Å². The Morgan fingerprint density at radius 2 is 1.41 bits per heavy atom. The average Bonchev–Trinajstić information content (AvgIpc) is 2.99. The molecule has 6 nitrogen and oxygen atoms in total. The van der Waals surface area contributed by atoms with Crippen LogP contribution in [0.3, 0.4) is 0 Å². The molecule has 2 N–H and O–H groups in total. The minimum atomic E-state index is -3.25. The van der Waals surface area contributed by atoms with Crippen molar-refractivity contribution in [1.29, 1.82) is 0 Å². The van der Waals surface area contributed by atoms with Gasteiger partial charge in [-0.15, -0.1) is 0 Å².